The zero-order valence-electron chi connectivity index (χ0n) is 13.3. The van der Waals surface area contributed by atoms with Crippen molar-refractivity contribution in [2.75, 3.05) is 0 Å². The maximum absolute atomic E-state index is 12.6. The second kappa shape index (κ2) is 5.80. The van der Waals surface area contributed by atoms with E-state index in [4.69, 9.17) is 0 Å². The Morgan fingerprint density at radius 3 is 2.57 bits per heavy atom. The van der Waals surface area contributed by atoms with Crippen LogP contribution in [0.4, 0.5) is 13.2 Å². The Labute approximate surface area is 133 Å². The molecule has 3 nitrogen and oxygen atoms in total. The van der Waals surface area contributed by atoms with E-state index >= 15 is 0 Å². The second-order valence-electron chi connectivity index (χ2n) is 6.93. The van der Waals surface area contributed by atoms with Crippen molar-refractivity contribution in [2.24, 2.45) is 17.8 Å². The van der Waals surface area contributed by atoms with Crippen molar-refractivity contribution >= 4 is 5.91 Å². The lowest BCUT2D eigenvalue weighted by Crippen LogP contribution is -2.40. The number of halogens is 3. The molecule has 3 rings (SSSR count). The van der Waals surface area contributed by atoms with Crippen molar-refractivity contribution in [3.8, 4) is 0 Å². The van der Waals surface area contributed by atoms with Crippen LogP contribution in [0.5, 0.6) is 0 Å². The zero-order chi connectivity index (χ0) is 16.8. The first kappa shape index (κ1) is 16.3. The van der Waals surface area contributed by atoms with Gasteiger partial charge in [0.1, 0.15) is 5.69 Å². The number of hydrogen-bond acceptors (Lipinski definition) is 2. The summed E-state index contributed by atoms with van der Waals surface area (Å²) in [6, 6.07) is 2.12. The Balaban J connectivity index is 1.68. The Morgan fingerprint density at radius 2 is 2.04 bits per heavy atom. The molecule has 0 unspecified atom stereocenters. The van der Waals surface area contributed by atoms with Gasteiger partial charge in [0.2, 0.25) is 0 Å². The van der Waals surface area contributed by atoms with Crippen LogP contribution in [0.3, 0.4) is 0 Å². The molecule has 0 aromatic carbocycles. The van der Waals surface area contributed by atoms with E-state index in [9.17, 15) is 18.0 Å². The number of rotatable bonds is 3. The SMILES string of the molecule is Cc1nc(C(F)(F)F)ccc1C(=O)N[C@H](C)[C@@H]1C[C@H]2CC[C@H]1C2. The van der Waals surface area contributed by atoms with Crippen LogP contribution in [0, 0.1) is 24.7 Å². The summed E-state index contributed by atoms with van der Waals surface area (Å²) in [5.41, 5.74) is -0.641. The zero-order valence-corrected chi connectivity index (χ0v) is 13.3. The van der Waals surface area contributed by atoms with Crippen LogP contribution in [-0.2, 0) is 6.18 Å². The number of nitrogens with zero attached hydrogens (tertiary/aromatic N) is 1. The molecule has 2 fully saturated rings. The van der Waals surface area contributed by atoms with Gasteiger partial charge in [-0.2, -0.15) is 13.2 Å². The van der Waals surface area contributed by atoms with E-state index in [-0.39, 0.29) is 23.2 Å². The molecule has 1 aromatic rings. The van der Waals surface area contributed by atoms with Gasteiger partial charge < -0.3 is 5.32 Å². The van der Waals surface area contributed by atoms with Gasteiger partial charge in [0.05, 0.1) is 11.3 Å². The third-order valence-corrected chi connectivity index (χ3v) is 5.41. The largest absolute Gasteiger partial charge is 0.433 e. The van der Waals surface area contributed by atoms with E-state index in [1.54, 1.807) is 0 Å². The fourth-order valence-electron chi connectivity index (χ4n) is 4.26. The average Bonchev–Trinajstić information content (AvgIpc) is 3.08. The van der Waals surface area contributed by atoms with Gasteiger partial charge >= 0.3 is 6.18 Å². The maximum atomic E-state index is 12.6. The first-order valence-electron chi connectivity index (χ1n) is 8.11. The molecule has 0 aliphatic heterocycles. The topological polar surface area (TPSA) is 42.0 Å². The number of hydrogen-bond donors (Lipinski definition) is 1. The number of fused-ring (bicyclic) bond motifs is 2. The highest BCUT2D eigenvalue weighted by Crippen LogP contribution is 2.49. The van der Waals surface area contributed by atoms with Crippen LogP contribution in [0.2, 0.25) is 0 Å². The van der Waals surface area contributed by atoms with Crippen LogP contribution in [0.1, 0.15) is 54.4 Å². The number of nitrogens with one attached hydrogen (secondary N) is 1. The van der Waals surface area contributed by atoms with Crippen molar-refractivity contribution in [1.29, 1.82) is 0 Å². The molecule has 1 N–H and O–H groups in total. The van der Waals surface area contributed by atoms with Crippen LogP contribution >= 0.6 is 0 Å². The molecule has 2 bridgehead atoms. The fourth-order valence-corrected chi connectivity index (χ4v) is 4.26. The standard InChI is InChI=1S/C17H21F3N2O/c1-9-13(5-6-15(21-9)17(18,19)20)16(23)22-10(2)14-8-11-3-4-12(14)7-11/h5-6,10-12,14H,3-4,7-8H2,1-2H3,(H,22,23)/t10-,11+,12+,14+/m1/s1. The van der Waals surface area contributed by atoms with Crippen LogP contribution in [0.25, 0.3) is 0 Å². The molecular formula is C17H21F3N2O. The van der Waals surface area contributed by atoms with Gasteiger partial charge in [-0.05, 0) is 63.0 Å². The summed E-state index contributed by atoms with van der Waals surface area (Å²) in [5.74, 6) is 1.63. The highest BCUT2D eigenvalue weighted by Gasteiger charge is 2.42. The minimum absolute atomic E-state index is 0.0412. The maximum Gasteiger partial charge on any atom is 0.433 e. The Kier molecular flexibility index (Phi) is 4.10. The van der Waals surface area contributed by atoms with Gasteiger partial charge in [-0.3, -0.25) is 4.79 Å². The number of carbonyl (C=O) groups is 1. The highest BCUT2D eigenvalue weighted by atomic mass is 19.4. The lowest BCUT2D eigenvalue weighted by atomic mass is 9.84. The molecule has 23 heavy (non-hydrogen) atoms. The molecule has 0 saturated heterocycles. The van der Waals surface area contributed by atoms with Crippen molar-refractivity contribution < 1.29 is 18.0 Å². The molecule has 4 atom stereocenters. The highest BCUT2D eigenvalue weighted by molar-refractivity contribution is 5.95. The number of carbonyl (C=O) groups excluding carboxylic acids is 1. The van der Waals surface area contributed by atoms with Crippen molar-refractivity contribution in [1.82, 2.24) is 10.3 Å². The summed E-state index contributed by atoms with van der Waals surface area (Å²) < 4.78 is 37.9. The molecule has 126 valence electrons. The van der Waals surface area contributed by atoms with E-state index in [0.717, 1.165) is 18.4 Å². The minimum Gasteiger partial charge on any atom is -0.349 e. The number of pyridine rings is 1. The molecule has 1 amide bonds. The second-order valence-corrected chi connectivity index (χ2v) is 6.93. The quantitative estimate of drug-likeness (QED) is 0.913. The number of alkyl halides is 3. The molecule has 1 heterocycles. The van der Waals surface area contributed by atoms with Gasteiger partial charge in [-0.1, -0.05) is 6.42 Å². The Morgan fingerprint density at radius 1 is 1.30 bits per heavy atom. The van der Waals surface area contributed by atoms with E-state index in [0.29, 0.717) is 11.8 Å². The van der Waals surface area contributed by atoms with Gasteiger partial charge in [0, 0.05) is 6.04 Å². The summed E-state index contributed by atoms with van der Waals surface area (Å²) in [6.07, 6.45) is 0.443. The summed E-state index contributed by atoms with van der Waals surface area (Å²) in [6.45, 7) is 3.43. The first-order valence-corrected chi connectivity index (χ1v) is 8.11. The lowest BCUT2D eigenvalue weighted by Gasteiger charge is -2.28. The first-order chi connectivity index (χ1) is 10.8. The minimum atomic E-state index is -4.49. The van der Waals surface area contributed by atoms with Gasteiger partial charge in [0.25, 0.3) is 5.91 Å². The van der Waals surface area contributed by atoms with E-state index < -0.39 is 11.9 Å². The monoisotopic (exact) mass is 326 g/mol. The molecule has 2 saturated carbocycles. The van der Waals surface area contributed by atoms with Crippen molar-refractivity contribution in [2.45, 2.75) is 51.7 Å². The van der Waals surface area contributed by atoms with Crippen LogP contribution in [-0.4, -0.2) is 16.9 Å². The average molecular weight is 326 g/mol. The number of aromatic nitrogens is 1. The molecule has 2 aliphatic rings. The smallest absolute Gasteiger partial charge is 0.349 e. The predicted octanol–water partition coefficient (Wildman–Crippen LogP) is 3.96. The molecule has 0 spiro atoms. The van der Waals surface area contributed by atoms with Crippen molar-refractivity contribution in [3.63, 3.8) is 0 Å². The summed E-state index contributed by atoms with van der Waals surface area (Å²) >= 11 is 0. The molecule has 0 radical (unpaired) electrons. The normalized spacial score (nSPS) is 28.0. The third kappa shape index (κ3) is 3.21. The molecule has 1 aromatic heterocycles. The van der Waals surface area contributed by atoms with E-state index in [1.165, 1.54) is 32.3 Å². The van der Waals surface area contributed by atoms with Crippen LogP contribution < -0.4 is 5.32 Å². The van der Waals surface area contributed by atoms with Gasteiger partial charge in [-0.25, -0.2) is 4.98 Å². The van der Waals surface area contributed by atoms with Gasteiger partial charge in [0.15, 0.2) is 0 Å². The fraction of sp³-hybridized carbons (Fsp3) is 0.647. The molecule has 6 heteroatoms. The Hall–Kier alpha value is -1.59. The van der Waals surface area contributed by atoms with Gasteiger partial charge in [-0.15, -0.1) is 0 Å². The van der Waals surface area contributed by atoms with Crippen molar-refractivity contribution in [3.05, 3.63) is 29.1 Å². The molecule has 2 aliphatic carbocycles. The third-order valence-electron chi connectivity index (χ3n) is 5.41. The summed E-state index contributed by atoms with van der Waals surface area (Å²) in [7, 11) is 0. The molecular weight excluding hydrogens is 305 g/mol. The van der Waals surface area contributed by atoms with E-state index in [1.807, 2.05) is 6.92 Å². The summed E-state index contributed by atoms with van der Waals surface area (Å²) in [4.78, 5) is 15.9. The predicted molar refractivity (Wildman–Crippen MR) is 79.8 cm³/mol. The van der Waals surface area contributed by atoms with E-state index in [2.05, 4.69) is 10.3 Å². The number of amides is 1. The lowest BCUT2D eigenvalue weighted by molar-refractivity contribution is -0.141. The Bertz CT molecular complexity index is 614. The number of aryl methyl sites for hydroxylation is 1. The summed E-state index contributed by atoms with van der Waals surface area (Å²) in [5, 5.41) is 2.96. The van der Waals surface area contributed by atoms with Crippen LogP contribution in [0.15, 0.2) is 12.1 Å².